The van der Waals surface area contributed by atoms with Crippen LogP contribution in [0.3, 0.4) is 0 Å². The molecule has 0 aromatic heterocycles. The maximum Gasteiger partial charge on any atom is 0.336 e. The van der Waals surface area contributed by atoms with Crippen LogP contribution in [-0.2, 0) is 4.79 Å². The Bertz CT molecular complexity index is 1060. The molecule has 0 spiro atoms. The number of hydrogen-bond donors (Lipinski definition) is 1. The van der Waals surface area contributed by atoms with Crippen molar-refractivity contribution in [1.29, 1.82) is 0 Å². The average molecular weight is 378 g/mol. The lowest BCUT2D eigenvalue weighted by atomic mass is 9.78. The molecule has 0 aliphatic heterocycles. The van der Waals surface area contributed by atoms with E-state index in [1.165, 1.54) is 13.2 Å². The van der Waals surface area contributed by atoms with Gasteiger partial charge in [0.05, 0.1) is 12.7 Å². The van der Waals surface area contributed by atoms with Gasteiger partial charge in [0, 0.05) is 16.7 Å². The van der Waals surface area contributed by atoms with E-state index in [9.17, 15) is 19.5 Å². The number of methoxy groups -OCH3 is 1. The van der Waals surface area contributed by atoms with E-state index in [2.05, 4.69) is 0 Å². The van der Waals surface area contributed by atoms with E-state index in [0.717, 1.165) is 11.1 Å². The van der Waals surface area contributed by atoms with Crippen LogP contribution in [0.15, 0.2) is 29.8 Å². The molecule has 0 saturated heterocycles. The Kier molecular flexibility index (Phi) is 4.94. The van der Waals surface area contributed by atoms with Gasteiger partial charge < -0.3 is 9.84 Å². The van der Waals surface area contributed by atoms with Gasteiger partial charge in [-0.3, -0.25) is 9.59 Å². The fourth-order valence-corrected chi connectivity index (χ4v) is 3.79. The normalized spacial score (nSPS) is 13.4. The Morgan fingerprint density at radius 3 is 2.29 bits per heavy atom. The maximum absolute atomic E-state index is 12.6. The lowest BCUT2D eigenvalue weighted by molar-refractivity contribution is -0.111. The number of hydrogen-bond acceptors (Lipinski definition) is 4. The number of carbonyl (C=O) groups excluding carboxylic acids is 2. The summed E-state index contributed by atoms with van der Waals surface area (Å²) >= 11 is 0. The fraction of sp³-hybridized carbons (Fsp3) is 0.261. The van der Waals surface area contributed by atoms with E-state index < -0.39 is 17.5 Å². The minimum Gasteiger partial charge on any atom is -0.497 e. The second-order valence-corrected chi connectivity index (χ2v) is 7.30. The van der Waals surface area contributed by atoms with Crippen LogP contribution in [0.2, 0.25) is 0 Å². The summed E-state index contributed by atoms with van der Waals surface area (Å²) in [7, 11) is 1.53. The van der Waals surface area contributed by atoms with Crippen molar-refractivity contribution >= 4 is 23.6 Å². The Hall–Kier alpha value is -3.21. The van der Waals surface area contributed by atoms with Gasteiger partial charge in [0.2, 0.25) is 11.6 Å². The first-order valence-corrected chi connectivity index (χ1v) is 9.03. The van der Waals surface area contributed by atoms with E-state index >= 15 is 0 Å². The molecule has 2 aromatic rings. The summed E-state index contributed by atoms with van der Waals surface area (Å²) in [6.45, 7) is 7.37. The number of ether oxygens (including phenoxy) is 1. The highest BCUT2D eigenvalue weighted by Crippen LogP contribution is 2.41. The van der Waals surface area contributed by atoms with Gasteiger partial charge in [0.25, 0.3) is 0 Å². The highest BCUT2D eigenvalue weighted by Gasteiger charge is 2.31. The minimum atomic E-state index is -1.04. The second-order valence-electron chi connectivity index (χ2n) is 7.30. The predicted octanol–water partition coefficient (Wildman–Crippen LogP) is 4.66. The molecule has 28 heavy (non-hydrogen) atoms. The molecule has 0 fully saturated rings. The Balaban J connectivity index is 2.45. The third-order valence-corrected chi connectivity index (χ3v) is 5.08. The van der Waals surface area contributed by atoms with Crippen LogP contribution in [0.1, 0.15) is 64.1 Å². The number of fused-ring (bicyclic) bond motifs is 1. The summed E-state index contributed by atoms with van der Waals surface area (Å²) in [5.41, 5.74) is 4.40. The summed E-state index contributed by atoms with van der Waals surface area (Å²) in [6.07, 6.45) is 1.74. The van der Waals surface area contributed by atoms with Crippen LogP contribution in [0.5, 0.6) is 5.75 Å². The quantitative estimate of drug-likeness (QED) is 0.783. The van der Waals surface area contributed by atoms with Crippen LogP contribution >= 0.6 is 0 Å². The monoisotopic (exact) mass is 378 g/mol. The molecule has 0 atom stereocenters. The van der Waals surface area contributed by atoms with Crippen LogP contribution < -0.4 is 4.74 Å². The molecule has 1 aliphatic carbocycles. The van der Waals surface area contributed by atoms with E-state index in [1.807, 2.05) is 13.8 Å². The molecule has 5 nitrogen and oxygen atoms in total. The Morgan fingerprint density at radius 2 is 1.71 bits per heavy atom. The molecule has 2 aromatic carbocycles. The standard InChI is InChI=1S/C23H22O5/c1-11(2)19-17(16-10-14(28-5)6-7-15(16)23(26)27)8-12(3)20-18(19)9-13(4)21(24)22(20)25/h6-11H,1-5H3,(H,26,27). The van der Waals surface area contributed by atoms with Gasteiger partial charge in [0.1, 0.15) is 5.75 Å². The second kappa shape index (κ2) is 7.08. The largest absolute Gasteiger partial charge is 0.497 e. The lowest BCUT2D eigenvalue weighted by Gasteiger charge is -2.24. The van der Waals surface area contributed by atoms with Crippen LogP contribution in [-0.4, -0.2) is 29.8 Å². The molecule has 3 rings (SSSR count). The first kappa shape index (κ1) is 19.5. The topological polar surface area (TPSA) is 80.7 Å². The first-order chi connectivity index (χ1) is 13.2. The van der Waals surface area contributed by atoms with Crippen molar-refractivity contribution in [1.82, 2.24) is 0 Å². The van der Waals surface area contributed by atoms with Gasteiger partial charge in [-0.2, -0.15) is 0 Å². The molecule has 1 aliphatic rings. The van der Waals surface area contributed by atoms with Gasteiger partial charge >= 0.3 is 5.97 Å². The number of Topliss-reactive ketones (excluding diaryl/α,β-unsaturated/α-hetero) is 2. The third kappa shape index (κ3) is 3.03. The molecule has 0 amide bonds. The van der Waals surface area contributed by atoms with Crippen LogP contribution in [0.4, 0.5) is 0 Å². The smallest absolute Gasteiger partial charge is 0.336 e. The molecule has 144 valence electrons. The van der Waals surface area contributed by atoms with E-state index in [-0.39, 0.29) is 11.5 Å². The van der Waals surface area contributed by atoms with Crippen molar-refractivity contribution in [3.05, 3.63) is 57.7 Å². The number of carboxylic acids is 1. The number of aryl methyl sites for hydroxylation is 1. The number of allylic oxidation sites excluding steroid dienone is 1. The van der Waals surface area contributed by atoms with Gasteiger partial charge in [-0.05, 0) is 66.3 Å². The SMILES string of the molecule is COc1ccc(C(=O)O)c(-c2cc(C)c3c(c2C(C)C)C=C(C)C(=O)C3=O)c1. The number of carbonyl (C=O) groups is 3. The number of ketones is 2. The number of carboxylic acid groups (broad SMARTS) is 1. The number of benzene rings is 2. The van der Waals surface area contributed by atoms with Gasteiger partial charge in [-0.1, -0.05) is 19.9 Å². The summed E-state index contributed by atoms with van der Waals surface area (Å²) in [4.78, 5) is 36.7. The molecule has 0 heterocycles. The molecule has 0 saturated carbocycles. The zero-order chi connectivity index (χ0) is 20.7. The van der Waals surface area contributed by atoms with E-state index in [4.69, 9.17) is 4.74 Å². The number of aromatic carboxylic acids is 1. The molecular weight excluding hydrogens is 356 g/mol. The summed E-state index contributed by atoms with van der Waals surface area (Å²) in [5, 5.41) is 9.70. The number of rotatable bonds is 4. The van der Waals surface area contributed by atoms with Crippen molar-refractivity contribution in [2.45, 2.75) is 33.6 Å². The summed E-state index contributed by atoms with van der Waals surface area (Å²) < 4.78 is 5.30. The first-order valence-electron chi connectivity index (χ1n) is 9.03. The van der Waals surface area contributed by atoms with Crippen molar-refractivity contribution in [2.24, 2.45) is 0 Å². The third-order valence-electron chi connectivity index (χ3n) is 5.08. The highest BCUT2D eigenvalue weighted by atomic mass is 16.5. The van der Waals surface area contributed by atoms with E-state index in [0.29, 0.717) is 33.6 Å². The van der Waals surface area contributed by atoms with Crippen molar-refractivity contribution in [2.75, 3.05) is 7.11 Å². The zero-order valence-corrected chi connectivity index (χ0v) is 16.5. The molecule has 0 radical (unpaired) electrons. The lowest BCUT2D eigenvalue weighted by Crippen LogP contribution is -2.23. The molecule has 1 N–H and O–H groups in total. The van der Waals surface area contributed by atoms with Gasteiger partial charge in [-0.25, -0.2) is 4.79 Å². The molecule has 0 bridgehead atoms. The summed E-state index contributed by atoms with van der Waals surface area (Å²) in [6, 6.07) is 6.63. The predicted molar refractivity (Wildman–Crippen MR) is 107 cm³/mol. The molecular formula is C23H22O5. The van der Waals surface area contributed by atoms with Crippen LogP contribution in [0, 0.1) is 6.92 Å². The molecule has 0 unspecified atom stereocenters. The highest BCUT2D eigenvalue weighted by molar-refractivity contribution is 6.52. The van der Waals surface area contributed by atoms with Crippen molar-refractivity contribution in [3.8, 4) is 16.9 Å². The zero-order valence-electron chi connectivity index (χ0n) is 16.5. The van der Waals surface area contributed by atoms with Crippen LogP contribution in [0.25, 0.3) is 17.2 Å². The minimum absolute atomic E-state index is 0.00208. The van der Waals surface area contributed by atoms with Crippen molar-refractivity contribution in [3.63, 3.8) is 0 Å². The van der Waals surface area contributed by atoms with Gasteiger partial charge in [0.15, 0.2) is 0 Å². The fourth-order valence-electron chi connectivity index (χ4n) is 3.79. The maximum atomic E-state index is 12.6. The Morgan fingerprint density at radius 1 is 1.04 bits per heavy atom. The van der Waals surface area contributed by atoms with Crippen molar-refractivity contribution < 1.29 is 24.2 Å². The average Bonchev–Trinajstić information content (AvgIpc) is 2.64. The molecule has 5 heteroatoms. The van der Waals surface area contributed by atoms with Gasteiger partial charge in [-0.15, -0.1) is 0 Å². The van der Waals surface area contributed by atoms with E-state index in [1.54, 1.807) is 38.1 Å². The summed E-state index contributed by atoms with van der Waals surface area (Å²) in [5.74, 6) is -1.50. The Labute approximate surface area is 163 Å².